The van der Waals surface area contributed by atoms with Crippen molar-refractivity contribution >= 4 is 34.6 Å². The molecule has 2 aromatic carbocycles. The van der Waals surface area contributed by atoms with Gasteiger partial charge in [-0.15, -0.1) is 0 Å². The summed E-state index contributed by atoms with van der Waals surface area (Å²) in [4.78, 5) is 19.5. The van der Waals surface area contributed by atoms with Gasteiger partial charge in [0.25, 0.3) is 0 Å². The van der Waals surface area contributed by atoms with Crippen LogP contribution in [-0.2, 0) is 4.79 Å². The fourth-order valence-electron chi connectivity index (χ4n) is 5.25. The van der Waals surface area contributed by atoms with Crippen molar-refractivity contribution in [3.8, 4) is 11.4 Å². The van der Waals surface area contributed by atoms with Crippen molar-refractivity contribution in [2.24, 2.45) is 5.41 Å². The molecule has 2 unspecified atom stereocenters. The van der Waals surface area contributed by atoms with E-state index in [9.17, 15) is 4.79 Å². The van der Waals surface area contributed by atoms with Gasteiger partial charge in [0, 0.05) is 40.4 Å². The third-order valence-corrected chi connectivity index (χ3v) is 7.61. The van der Waals surface area contributed by atoms with Gasteiger partial charge in [-0.3, -0.25) is 9.78 Å². The lowest BCUT2D eigenvalue weighted by Crippen LogP contribution is -2.30. The Hall–Kier alpha value is -4.17. The molecule has 1 aliphatic heterocycles. The number of hydrogen-bond acceptors (Lipinski definition) is 4. The van der Waals surface area contributed by atoms with Gasteiger partial charge in [0.1, 0.15) is 5.75 Å². The van der Waals surface area contributed by atoms with Gasteiger partial charge >= 0.3 is 0 Å². The van der Waals surface area contributed by atoms with Gasteiger partial charge in [0.05, 0.1) is 30.6 Å². The zero-order chi connectivity index (χ0) is 28.6. The van der Waals surface area contributed by atoms with Crippen molar-refractivity contribution < 1.29 is 9.53 Å². The molecule has 1 fully saturated rings. The maximum atomic E-state index is 12.7. The topological polar surface area (TPSA) is 71.4 Å². The number of aryl methyl sites for hydroxylation is 1. The van der Waals surface area contributed by atoms with E-state index in [1.54, 1.807) is 7.11 Å². The summed E-state index contributed by atoms with van der Waals surface area (Å²) >= 11 is 5.95. The van der Waals surface area contributed by atoms with E-state index in [-0.39, 0.29) is 18.0 Å². The number of benzene rings is 2. The lowest BCUT2D eigenvalue weighted by Gasteiger charge is -2.29. The van der Waals surface area contributed by atoms with Crippen molar-refractivity contribution in [3.63, 3.8) is 0 Å². The van der Waals surface area contributed by atoms with Crippen LogP contribution in [0.4, 0.5) is 11.4 Å². The molecule has 5 rings (SSSR count). The summed E-state index contributed by atoms with van der Waals surface area (Å²) in [6.07, 6.45) is 1.81. The fraction of sp³-hybridized carbons (Fsp3) is 0.281. The summed E-state index contributed by atoms with van der Waals surface area (Å²) in [6, 6.07) is 24.0. The zero-order valence-electron chi connectivity index (χ0n) is 23.7. The van der Waals surface area contributed by atoms with Crippen LogP contribution in [-0.4, -0.2) is 27.7 Å². The number of rotatable bonds is 6. The number of nitrogens with zero attached hydrogens (tertiary/aromatic N) is 3. The standard InChI is InChI=1S/C32H35N5O2S/c1-20-18-24(21(2)36(20)22-12-8-7-9-13-22)29-28(26-14-10-11-17-33-26)35-31(40)37(29)23-15-16-25(27(19-23)39-6)34-30(38)32(3,4)5/h7-19,28-29H,1-6H3,(H,34,38)(H,35,40). The second-order valence-corrected chi connectivity index (χ2v) is 11.5. The van der Waals surface area contributed by atoms with Crippen LogP contribution in [0.5, 0.6) is 5.75 Å². The molecule has 0 bridgehead atoms. The highest BCUT2D eigenvalue weighted by Gasteiger charge is 2.42. The van der Waals surface area contributed by atoms with Gasteiger partial charge in [-0.25, -0.2) is 0 Å². The average Bonchev–Trinajstić information content (AvgIpc) is 3.44. The summed E-state index contributed by atoms with van der Waals surface area (Å²) < 4.78 is 8.00. The molecular weight excluding hydrogens is 518 g/mol. The Kier molecular flexibility index (Phi) is 7.38. The van der Waals surface area contributed by atoms with Crippen LogP contribution in [0, 0.1) is 19.3 Å². The third-order valence-electron chi connectivity index (χ3n) is 7.29. The Labute approximate surface area is 241 Å². The van der Waals surface area contributed by atoms with E-state index >= 15 is 0 Å². The second kappa shape index (κ2) is 10.8. The summed E-state index contributed by atoms with van der Waals surface area (Å²) in [5.41, 5.74) is 6.36. The molecular formula is C32H35N5O2S. The van der Waals surface area contributed by atoms with Crippen LogP contribution in [0.25, 0.3) is 5.69 Å². The van der Waals surface area contributed by atoms with Crippen LogP contribution < -0.4 is 20.3 Å². The molecule has 2 N–H and O–H groups in total. The van der Waals surface area contributed by atoms with Gasteiger partial charge in [0.2, 0.25) is 5.91 Å². The number of carbonyl (C=O) groups is 1. The monoisotopic (exact) mass is 553 g/mol. The first-order chi connectivity index (χ1) is 19.1. The Morgan fingerprint density at radius 2 is 1.73 bits per heavy atom. The normalized spacial score (nSPS) is 17.1. The van der Waals surface area contributed by atoms with Crippen molar-refractivity contribution in [2.45, 2.75) is 46.7 Å². The van der Waals surface area contributed by atoms with E-state index in [0.717, 1.165) is 34.0 Å². The van der Waals surface area contributed by atoms with E-state index in [4.69, 9.17) is 21.9 Å². The highest BCUT2D eigenvalue weighted by atomic mass is 32.1. The molecule has 1 aliphatic rings. The van der Waals surface area contributed by atoms with E-state index in [1.165, 1.54) is 0 Å². The van der Waals surface area contributed by atoms with E-state index in [1.807, 2.05) is 69.4 Å². The predicted molar refractivity (Wildman–Crippen MR) is 164 cm³/mol. The first-order valence-corrected chi connectivity index (χ1v) is 13.8. The number of ether oxygens (including phenoxy) is 1. The summed E-state index contributed by atoms with van der Waals surface area (Å²) in [5.74, 6) is 0.478. The molecule has 40 heavy (non-hydrogen) atoms. The average molecular weight is 554 g/mol. The molecule has 0 aliphatic carbocycles. The highest BCUT2D eigenvalue weighted by molar-refractivity contribution is 7.80. The zero-order valence-corrected chi connectivity index (χ0v) is 24.5. The van der Waals surface area contributed by atoms with Crippen LogP contribution in [0.3, 0.4) is 0 Å². The van der Waals surface area contributed by atoms with Crippen LogP contribution in [0.1, 0.15) is 55.5 Å². The van der Waals surface area contributed by atoms with Crippen LogP contribution >= 0.6 is 12.2 Å². The molecule has 8 heteroatoms. The molecule has 2 atom stereocenters. The fourth-order valence-corrected chi connectivity index (χ4v) is 5.60. The first-order valence-electron chi connectivity index (χ1n) is 13.3. The second-order valence-electron chi connectivity index (χ2n) is 11.1. The number of aromatic nitrogens is 2. The lowest BCUT2D eigenvalue weighted by molar-refractivity contribution is -0.123. The van der Waals surface area contributed by atoms with Gasteiger partial charge < -0.3 is 24.8 Å². The number of amides is 1. The Bertz CT molecular complexity index is 1540. The molecule has 206 valence electrons. The predicted octanol–water partition coefficient (Wildman–Crippen LogP) is 6.66. The van der Waals surface area contributed by atoms with Crippen molar-refractivity contribution in [1.29, 1.82) is 0 Å². The minimum atomic E-state index is -0.535. The first kappa shape index (κ1) is 27.4. The number of para-hydroxylation sites is 1. The number of anilines is 2. The van der Waals surface area contributed by atoms with Crippen molar-refractivity contribution in [1.82, 2.24) is 14.9 Å². The van der Waals surface area contributed by atoms with E-state index in [0.29, 0.717) is 16.5 Å². The third kappa shape index (κ3) is 5.07. The van der Waals surface area contributed by atoms with E-state index < -0.39 is 5.41 Å². The molecule has 3 heterocycles. The maximum Gasteiger partial charge on any atom is 0.229 e. The van der Waals surface area contributed by atoms with Gasteiger partial charge in [-0.2, -0.15) is 0 Å². The van der Waals surface area contributed by atoms with Crippen molar-refractivity contribution in [2.75, 3.05) is 17.3 Å². The summed E-state index contributed by atoms with van der Waals surface area (Å²) in [7, 11) is 1.61. The maximum absolute atomic E-state index is 12.7. The van der Waals surface area contributed by atoms with Gasteiger partial charge in [0.15, 0.2) is 5.11 Å². The van der Waals surface area contributed by atoms with Gasteiger partial charge in [-0.1, -0.05) is 45.0 Å². The van der Waals surface area contributed by atoms with Crippen LogP contribution in [0.15, 0.2) is 79.0 Å². The summed E-state index contributed by atoms with van der Waals surface area (Å²) in [5, 5.41) is 7.14. The number of pyridine rings is 1. The quantitative estimate of drug-likeness (QED) is 0.260. The van der Waals surface area contributed by atoms with Crippen LogP contribution in [0.2, 0.25) is 0 Å². The lowest BCUT2D eigenvalue weighted by atomic mass is 9.95. The van der Waals surface area contributed by atoms with Crippen molar-refractivity contribution in [3.05, 3.63) is 102 Å². The minimum Gasteiger partial charge on any atom is -0.494 e. The molecule has 0 spiro atoms. The molecule has 4 aromatic rings. The largest absolute Gasteiger partial charge is 0.494 e. The Morgan fingerprint density at radius 1 is 1.00 bits per heavy atom. The molecule has 1 amide bonds. The molecule has 0 saturated carbocycles. The molecule has 0 radical (unpaired) electrons. The van der Waals surface area contributed by atoms with E-state index in [2.05, 4.69) is 64.3 Å². The molecule has 7 nitrogen and oxygen atoms in total. The Morgan fingerprint density at radius 3 is 2.38 bits per heavy atom. The smallest absolute Gasteiger partial charge is 0.229 e. The SMILES string of the molecule is COc1cc(N2C(=S)NC(c3ccccn3)C2c2cc(C)n(-c3ccccc3)c2C)ccc1NC(=O)C(C)(C)C. The molecule has 1 saturated heterocycles. The highest BCUT2D eigenvalue weighted by Crippen LogP contribution is 2.45. The number of nitrogens with one attached hydrogen (secondary N) is 2. The van der Waals surface area contributed by atoms with Gasteiger partial charge in [-0.05, 0) is 74.1 Å². The number of carbonyl (C=O) groups excluding carboxylic acids is 1. The number of thiocarbonyl (C=S) groups is 1. The number of hydrogen-bond donors (Lipinski definition) is 2. The molecule has 2 aromatic heterocycles. The minimum absolute atomic E-state index is 0.0849. The summed E-state index contributed by atoms with van der Waals surface area (Å²) in [6.45, 7) is 9.92. The number of methoxy groups -OCH3 is 1. The Balaban J connectivity index is 1.62.